The summed E-state index contributed by atoms with van der Waals surface area (Å²) in [6, 6.07) is 8.87. The molecule has 0 aliphatic heterocycles. The summed E-state index contributed by atoms with van der Waals surface area (Å²) in [7, 11) is 0. The second-order valence-corrected chi connectivity index (χ2v) is 5.83. The van der Waals surface area contributed by atoms with E-state index in [-0.39, 0.29) is 16.6 Å². The molecule has 1 amide bonds. The number of aryl methyl sites for hydroxylation is 1. The number of fused-ring (bicyclic) bond motifs is 1. The summed E-state index contributed by atoms with van der Waals surface area (Å²) < 4.78 is 19.1. The molecule has 5 nitrogen and oxygen atoms in total. The molecule has 0 radical (unpaired) electrons. The van der Waals surface area contributed by atoms with Crippen molar-refractivity contribution in [2.45, 2.75) is 19.9 Å². The Kier molecular flexibility index (Phi) is 4.40. The number of hydrogen-bond acceptors (Lipinski definition) is 4. The lowest BCUT2D eigenvalue weighted by Gasteiger charge is -2.15. The fourth-order valence-electron chi connectivity index (χ4n) is 2.28. The topological polar surface area (TPSA) is 67.2 Å². The van der Waals surface area contributed by atoms with Gasteiger partial charge in [0.15, 0.2) is 11.5 Å². The van der Waals surface area contributed by atoms with Crippen LogP contribution in [0.5, 0.6) is 0 Å². The van der Waals surface area contributed by atoms with Crippen LogP contribution in [-0.2, 0) is 4.79 Å². The lowest BCUT2D eigenvalue weighted by molar-refractivity contribution is -0.116. The van der Waals surface area contributed by atoms with Gasteiger partial charge in [0.25, 0.3) is 0 Å². The van der Waals surface area contributed by atoms with E-state index in [4.69, 9.17) is 16.0 Å². The van der Waals surface area contributed by atoms with Crippen molar-refractivity contribution in [1.29, 1.82) is 0 Å². The summed E-state index contributed by atoms with van der Waals surface area (Å²) in [5.41, 5.74) is 2.18. The molecule has 3 aromatic rings. The van der Waals surface area contributed by atoms with E-state index in [2.05, 4.69) is 15.6 Å². The van der Waals surface area contributed by atoms with Crippen LogP contribution in [0.3, 0.4) is 0 Å². The lowest BCUT2D eigenvalue weighted by Crippen LogP contribution is -2.32. The number of carbonyl (C=O) groups is 1. The first kappa shape index (κ1) is 16.3. The molecule has 0 saturated carbocycles. The smallest absolute Gasteiger partial charge is 0.246 e. The molecule has 1 atom stereocenters. The molecule has 124 valence electrons. The molecular weight excluding hydrogens is 333 g/mol. The Morgan fingerprint density at radius 3 is 2.83 bits per heavy atom. The highest BCUT2D eigenvalue weighted by Crippen LogP contribution is 2.21. The van der Waals surface area contributed by atoms with Crippen molar-refractivity contribution in [2.24, 2.45) is 0 Å². The van der Waals surface area contributed by atoms with Crippen LogP contribution in [0.15, 0.2) is 40.8 Å². The third-order valence-electron chi connectivity index (χ3n) is 3.46. The zero-order valence-corrected chi connectivity index (χ0v) is 13.8. The zero-order valence-electron chi connectivity index (χ0n) is 13.1. The third kappa shape index (κ3) is 3.49. The number of carbonyl (C=O) groups excluding carboxylic acids is 1. The van der Waals surface area contributed by atoms with E-state index >= 15 is 0 Å². The van der Waals surface area contributed by atoms with Crippen molar-refractivity contribution in [2.75, 3.05) is 10.6 Å². The Hall–Kier alpha value is -2.60. The van der Waals surface area contributed by atoms with Gasteiger partial charge in [-0.2, -0.15) is 0 Å². The first-order chi connectivity index (χ1) is 11.4. The third-order valence-corrected chi connectivity index (χ3v) is 3.70. The molecule has 1 heterocycles. The largest absolute Gasteiger partial charge is 0.441 e. The van der Waals surface area contributed by atoms with Gasteiger partial charge in [-0.3, -0.25) is 4.79 Å². The summed E-state index contributed by atoms with van der Waals surface area (Å²) >= 11 is 5.69. The normalized spacial score (nSPS) is 12.2. The predicted octanol–water partition coefficient (Wildman–Crippen LogP) is 4.37. The van der Waals surface area contributed by atoms with Gasteiger partial charge in [0.1, 0.15) is 17.4 Å². The molecule has 0 aliphatic rings. The number of aromatic nitrogens is 1. The van der Waals surface area contributed by atoms with Crippen LogP contribution < -0.4 is 10.6 Å². The van der Waals surface area contributed by atoms with Crippen LogP contribution in [-0.4, -0.2) is 16.9 Å². The Labute approximate surface area is 142 Å². The molecule has 1 aromatic heterocycles. The quantitative estimate of drug-likeness (QED) is 0.735. The molecule has 2 N–H and O–H groups in total. The van der Waals surface area contributed by atoms with Crippen molar-refractivity contribution < 1.29 is 13.6 Å². The SMILES string of the molecule is Cc1nc2cc(N[C@@H](C)C(=O)Nc3ccc(Cl)cc3F)ccc2o1. The summed E-state index contributed by atoms with van der Waals surface area (Å²) in [6.45, 7) is 3.45. The van der Waals surface area contributed by atoms with Gasteiger partial charge in [-0.15, -0.1) is 0 Å². The minimum Gasteiger partial charge on any atom is -0.441 e. The van der Waals surface area contributed by atoms with E-state index in [9.17, 15) is 9.18 Å². The number of nitrogens with zero attached hydrogens (tertiary/aromatic N) is 1. The van der Waals surface area contributed by atoms with E-state index in [1.54, 1.807) is 32.0 Å². The molecule has 0 saturated heterocycles. The summed E-state index contributed by atoms with van der Waals surface area (Å²) in [6.07, 6.45) is 0. The van der Waals surface area contributed by atoms with Gasteiger partial charge in [-0.25, -0.2) is 9.37 Å². The molecule has 2 aromatic carbocycles. The Balaban J connectivity index is 1.70. The first-order valence-electron chi connectivity index (χ1n) is 7.32. The number of nitrogens with one attached hydrogen (secondary N) is 2. The van der Waals surface area contributed by atoms with E-state index in [0.29, 0.717) is 17.0 Å². The van der Waals surface area contributed by atoms with Crippen LogP contribution in [0.1, 0.15) is 12.8 Å². The fraction of sp³-hybridized carbons (Fsp3) is 0.176. The van der Waals surface area contributed by atoms with E-state index in [1.165, 1.54) is 12.1 Å². The monoisotopic (exact) mass is 347 g/mol. The minimum atomic E-state index is -0.581. The average Bonchev–Trinajstić information content (AvgIpc) is 2.89. The number of hydrogen-bond donors (Lipinski definition) is 2. The highest BCUT2D eigenvalue weighted by atomic mass is 35.5. The van der Waals surface area contributed by atoms with Crippen molar-refractivity contribution in [1.82, 2.24) is 4.98 Å². The molecule has 0 bridgehead atoms. The average molecular weight is 348 g/mol. The number of halogens is 2. The standard InChI is InChI=1S/C17H15ClFN3O2/c1-9(17(23)22-14-5-3-11(18)7-13(14)19)20-12-4-6-16-15(8-12)21-10(2)24-16/h3-9,20H,1-2H3,(H,22,23)/t9-/m0/s1. The Morgan fingerprint density at radius 1 is 1.29 bits per heavy atom. The number of benzene rings is 2. The maximum absolute atomic E-state index is 13.7. The molecule has 0 fully saturated rings. The molecule has 3 rings (SSSR count). The molecule has 0 aliphatic carbocycles. The second kappa shape index (κ2) is 6.49. The van der Waals surface area contributed by atoms with Gasteiger partial charge in [0.2, 0.25) is 5.91 Å². The van der Waals surface area contributed by atoms with Gasteiger partial charge in [-0.1, -0.05) is 11.6 Å². The lowest BCUT2D eigenvalue weighted by atomic mass is 10.2. The van der Waals surface area contributed by atoms with E-state index < -0.39 is 11.9 Å². The molecular formula is C17H15ClFN3O2. The van der Waals surface area contributed by atoms with Crippen molar-refractivity contribution in [3.05, 3.63) is 53.1 Å². The second-order valence-electron chi connectivity index (χ2n) is 5.39. The minimum absolute atomic E-state index is 0.0839. The summed E-state index contributed by atoms with van der Waals surface area (Å²) in [4.78, 5) is 16.5. The van der Waals surface area contributed by atoms with Gasteiger partial charge in [0, 0.05) is 17.6 Å². The van der Waals surface area contributed by atoms with Gasteiger partial charge in [0.05, 0.1) is 5.69 Å². The van der Waals surface area contributed by atoms with Gasteiger partial charge >= 0.3 is 0 Å². The molecule has 0 unspecified atom stereocenters. The van der Waals surface area contributed by atoms with Crippen LogP contribution in [0.2, 0.25) is 5.02 Å². The summed E-state index contributed by atoms with van der Waals surface area (Å²) in [5, 5.41) is 5.85. The van der Waals surface area contributed by atoms with Crippen molar-refractivity contribution in [3.8, 4) is 0 Å². The highest BCUT2D eigenvalue weighted by molar-refractivity contribution is 6.30. The van der Waals surface area contributed by atoms with Gasteiger partial charge in [-0.05, 0) is 43.3 Å². The van der Waals surface area contributed by atoms with Crippen LogP contribution >= 0.6 is 11.6 Å². The molecule has 7 heteroatoms. The maximum atomic E-state index is 13.7. The number of rotatable bonds is 4. The zero-order chi connectivity index (χ0) is 17.3. The number of anilines is 2. The van der Waals surface area contributed by atoms with Crippen LogP contribution in [0.25, 0.3) is 11.1 Å². The fourth-order valence-corrected chi connectivity index (χ4v) is 2.44. The Morgan fingerprint density at radius 2 is 2.08 bits per heavy atom. The van der Waals surface area contributed by atoms with Crippen molar-refractivity contribution in [3.63, 3.8) is 0 Å². The molecule has 24 heavy (non-hydrogen) atoms. The van der Waals surface area contributed by atoms with E-state index in [1.807, 2.05) is 0 Å². The first-order valence-corrected chi connectivity index (χ1v) is 7.70. The number of amides is 1. The molecule has 0 spiro atoms. The summed E-state index contributed by atoms with van der Waals surface area (Å²) in [5.74, 6) is -0.374. The Bertz CT molecular complexity index is 910. The number of oxazole rings is 1. The van der Waals surface area contributed by atoms with Gasteiger partial charge < -0.3 is 15.1 Å². The van der Waals surface area contributed by atoms with E-state index in [0.717, 1.165) is 11.8 Å². The highest BCUT2D eigenvalue weighted by Gasteiger charge is 2.15. The van der Waals surface area contributed by atoms with Crippen LogP contribution in [0, 0.1) is 12.7 Å². The maximum Gasteiger partial charge on any atom is 0.246 e. The predicted molar refractivity (Wildman–Crippen MR) is 91.9 cm³/mol. The van der Waals surface area contributed by atoms with Crippen molar-refractivity contribution >= 4 is 40.0 Å². The van der Waals surface area contributed by atoms with Crippen LogP contribution in [0.4, 0.5) is 15.8 Å².